The van der Waals surface area contributed by atoms with Crippen LogP contribution in [0.25, 0.3) is 0 Å². The van der Waals surface area contributed by atoms with Crippen molar-refractivity contribution in [2.75, 3.05) is 7.11 Å². The molecule has 0 fully saturated rings. The summed E-state index contributed by atoms with van der Waals surface area (Å²) in [5.74, 6) is -0.378. The highest BCUT2D eigenvalue weighted by Crippen LogP contribution is 2.06. The number of hydrogen-bond donors (Lipinski definition) is 2. The molecular weight excluding hydrogens is 257 g/mol. The van der Waals surface area contributed by atoms with Gasteiger partial charge in [-0.15, -0.1) is 0 Å². The van der Waals surface area contributed by atoms with Gasteiger partial charge in [-0.25, -0.2) is 9.36 Å². The maximum atomic E-state index is 11.5. The summed E-state index contributed by atoms with van der Waals surface area (Å²) in [5.41, 5.74) is 1.82. The van der Waals surface area contributed by atoms with Gasteiger partial charge in [0.1, 0.15) is 0 Å². The maximum absolute atomic E-state index is 11.5. The SMILES string of the molecule is COC(=O)c1cccc(C[n+]2cccc(B(O)O)c2)c1. The van der Waals surface area contributed by atoms with Crippen LogP contribution in [0.1, 0.15) is 15.9 Å². The molecule has 6 heteroatoms. The van der Waals surface area contributed by atoms with E-state index < -0.39 is 7.12 Å². The van der Waals surface area contributed by atoms with Gasteiger partial charge < -0.3 is 14.8 Å². The molecule has 0 atom stereocenters. The Bertz CT molecular complexity index is 616. The molecule has 0 aliphatic rings. The predicted octanol–water partition coefficient (Wildman–Crippen LogP) is -0.511. The second-order valence-electron chi connectivity index (χ2n) is 4.38. The third-order valence-corrected chi connectivity index (χ3v) is 2.89. The summed E-state index contributed by atoms with van der Waals surface area (Å²) in [6, 6.07) is 10.5. The highest BCUT2D eigenvalue weighted by molar-refractivity contribution is 6.58. The molecule has 2 rings (SSSR count). The van der Waals surface area contributed by atoms with Crippen molar-refractivity contribution in [1.82, 2.24) is 0 Å². The molecule has 0 unspecified atom stereocenters. The molecule has 1 aromatic carbocycles. The second kappa shape index (κ2) is 6.32. The zero-order valence-corrected chi connectivity index (χ0v) is 11.1. The fourth-order valence-electron chi connectivity index (χ4n) is 1.92. The van der Waals surface area contributed by atoms with Crippen molar-refractivity contribution < 1.29 is 24.1 Å². The summed E-state index contributed by atoms with van der Waals surface area (Å²) in [6.45, 7) is 0.519. The molecule has 0 amide bonds. The average Bonchev–Trinajstić information content (AvgIpc) is 2.47. The van der Waals surface area contributed by atoms with Crippen LogP contribution in [0.5, 0.6) is 0 Å². The summed E-state index contributed by atoms with van der Waals surface area (Å²) in [6.07, 6.45) is 3.46. The van der Waals surface area contributed by atoms with Crippen molar-refractivity contribution in [3.8, 4) is 0 Å². The molecule has 0 aliphatic heterocycles. The summed E-state index contributed by atoms with van der Waals surface area (Å²) < 4.78 is 6.49. The highest BCUT2D eigenvalue weighted by Gasteiger charge is 2.15. The van der Waals surface area contributed by atoms with Crippen molar-refractivity contribution in [3.63, 3.8) is 0 Å². The minimum absolute atomic E-state index is 0.378. The Balaban J connectivity index is 2.21. The Labute approximate surface area is 117 Å². The Morgan fingerprint density at radius 2 is 2.10 bits per heavy atom. The van der Waals surface area contributed by atoms with Crippen molar-refractivity contribution >= 4 is 18.6 Å². The molecule has 2 aromatic rings. The van der Waals surface area contributed by atoms with E-state index in [2.05, 4.69) is 4.74 Å². The first-order valence-corrected chi connectivity index (χ1v) is 6.12. The number of carbonyl (C=O) groups is 1. The van der Waals surface area contributed by atoms with Crippen molar-refractivity contribution in [2.45, 2.75) is 6.54 Å². The number of aromatic nitrogens is 1. The van der Waals surface area contributed by atoms with Crippen molar-refractivity contribution in [3.05, 3.63) is 59.9 Å². The lowest BCUT2D eigenvalue weighted by Crippen LogP contribution is -2.42. The maximum Gasteiger partial charge on any atom is 0.494 e. The fourth-order valence-corrected chi connectivity index (χ4v) is 1.92. The van der Waals surface area contributed by atoms with Gasteiger partial charge in [0.05, 0.1) is 12.7 Å². The van der Waals surface area contributed by atoms with Gasteiger partial charge in [-0.1, -0.05) is 18.2 Å². The predicted molar refractivity (Wildman–Crippen MR) is 73.3 cm³/mol. The summed E-state index contributed by atoms with van der Waals surface area (Å²) in [4.78, 5) is 11.5. The van der Waals surface area contributed by atoms with E-state index in [9.17, 15) is 4.79 Å². The average molecular weight is 272 g/mol. The first-order valence-electron chi connectivity index (χ1n) is 6.12. The normalized spacial score (nSPS) is 10.2. The Morgan fingerprint density at radius 3 is 2.80 bits per heavy atom. The van der Waals surface area contributed by atoms with E-state index in [1.807, 2.05) is 16.8 Å². The Hall–Kier alpha value is -2.18. The number of carbonyl (C=O) groups excluding carboxylic acids is 1. The molecule has 0 spiro atoms. The van der Waals surface area contributed by atoms with E-state index in [1.54, 1.807) is 36.5 Å². The van der Waals surface area contributed by atoms with Gasteiger partial charge in [0.2, 0.25) is 0 Å². The zero-order chi connectivity index (χ0) is 14.5. The first-order chi connectivity index (χ1) is 9.60. The molecule has 0 saturated carbocycles. The van der Waals surface area contributed by atoms with Crippen molar-refractivity contribution in [2.24, 2.45) is 0 Å². The van der Waals surface area contributed by atoms with Crippen LogP contribution in [0.2, 0.25) is 0 Å². The third kappa shape index (κ3) is 3.43. The molecule has 0 radical (unpaired) electrons. The standard InChI is InChI=1S/C14H15BNO4/c1-20-14(17)12-5-2-4-11(8-12)9-16-7-3-6-13(10-16)15(18)19/h2-8,10,18-19H,9H2,1H3/q+1. The molecule has 2 N–H and O–H groups in total. The zero-order valence-electron chi connectivity index (χ0n) is 11.1. The van der Waals surface area contributed by atoms with Gasteiger partial charge in [0.15, 0.2) is 18.9 Å². The van der Waals surface area contributed by atoms with Gasteiger partial charge in [0, 0.05) is 17.1 Å². The summed E-state index contributed by atoms with van der Waals surface area (Å²) >= 11 is 0. The second-order valence-corrected chi connectivity index (χ2v) is 4.38. The van der Waals surface area contributed by atoms with Gasteiger partial charge in [-0.2, -0.15) is 0 Å². The molecule has 0 saturated heterocycles. The van der Waals surface area contributed by atoms with Crippen LogP contribution < -0.4 is 10.0 Å². The minimum atomic E-state index is -1.50. The van der Waals surface area contributed by atoms with E-state index in [0.29, 0.717) is 17.6 Å². The molecule has 20 heavy (non-hydrogen) atoms. The van der Waals surface area contributed by atoms with Gasteiger partial charge in [-0.05, 0) is 12.1 Å². The Kier molecular flexibility index (Phi) is 4.50. The Morgan fingerprint density at radius 1 is 1.30 bits per heavy atom. The molecule has 102 valence electrons. The van der Waals surface area contributed by atoms with Crippen LogP contribution >= 0.6 is 0 Å². The van der Waals surface area contributed by atoms with E-state index in [4.69, 9.17) is 10.0 Å². The first kappa shape index (κ1) is 14.2. The van der Waals surface area contributed by atoms with Gasteiger partial charge in [0.25, 0.3) is 0 Å². The fraction of sp³-hybridized carbons (Fsp3) is 0.143. The molecule has 1 heterocycles. The number of rotatable bonds is 4. The minimum Gasteiger partial charge on any atom is -0.465 e. The lowest BCUT2D eigenvalue weighted by atomic mass is 9.82. The van der Waals surface area contributed by atoms with Crippen LogP contribution in [0, 0.1) is 0 Å². The third-order valence-electron chi connectivity index (χ3n) is 2.89. The van der Waals surface area contributed by atoms with Crippen LogP contribution in [0.3, 0.4) is 0 Å². The monoisotopic (exact) mass is 272 g/mol. The van der Waals surface area contributed by atoms with Gasteiger partial charge >= 0.3 is 13.1 Å². The number of ether oxygens (including phenoxy) is 1. The van der Waals surface area contributed by atoms with E-state index >= 15 is 0 Å². The quantitative estimate of drug-likeness (QED) is 0.447. The molecule has 0 aliphatic carbocycles. The number of methoxy groups -OCH3 is 1. The van der Waals surface area contributed by atoms with Crippen LogP contribution in [0.4, 0.5) is 0 Å². The number of benzene rings is 1. The van der Waals surface area contributed by atoms with E-state index in [0.717, 1.165) is 5.56 Å². The van der Waals surface area contributed by atoms with Crippen molar-refractivity contribution in [1.29, 1.82) is 0 Å². The van der Waals surface area contributed by atoms with E-state index in [-0.39, 0.29) is 5.97 Å². The van der Waals surface area contributed by atoms with Crippen LogP contribution in [-0.4, -0.2) is 30.2 Å². The number of nitrogens with zero attached hydrogens (tertiary/aromatic N) is 1. The molecule has 1 aromatic heterocycles. The lowest BCUT2D eigenvalue weighted by Gasteiger charge is -2.03. The van der Waals surface area contributed by atoms with Gasteiger partial charge in [-0.3, -0.25) is 0 Å². The summed E-state index contributed by atoms with van der Waals surface area (Å²) in [5, 5.41) is 18.3. The number of pyridine rings is 1. The van der Waals surface area contributed by atoms with E-state index in [1.165, 1.54) is 7.11 Å². The van der Waals surface area contributed by atoms with Crippen LogP contribution in [0.15, 0.2) is 48.8 Å². The van der Waals surface area contributed by atoms with Crippen LogP contribution in [-0.2, 0) is 11.3 Å². The molecule has 5 nitrogen and oxygen atoms in total. The molecular formula is C14H15BNO4+. The smallest absolute Gasteiger partial charge is 0.465 e. The largest absolute Gasteiger partial charge is 0.494 e. The highest BCUT2D eigenvalue weighted by atomic mass is 16.5. The lowest BCUT2D eigenvalue weighted by molar-refractivity contribution is -0.687. The number of esters is 1. The molecule has 0 bridgehead atoms. The topological polar surface area (TPSA) is 70.6 Å². The summed E-state index contributed by atoms with van der Waals surface area (Å²) in [7, 11) is -0.153. The number of hydrogen-bond acceptors (Lipinski definition) is 4.